The van der Waals surface area contributed by atoms with Crippen LogP contribution in [0.2, 0.25) is 0 Å². The van der Waals surface area contributed by atoms with E-state index in [9.17, 15) is 9.90 Å². The minimum atomic E-state index is -0.367. The van der Waals surface area contributed by atoms with E-state index in [-0.39, 0.29) is 25.2 Å². The lowest BCUT2D eigenvalue weighted by atomic mass is 10.1. The van der Waals surface area contributed by atoms with Gasteiger partial charge in [-0.2, -0.15) is 0 Å². The molecule has 0 radical (unpaired) electrons. The number of carbonyl (C=O) groups excluding carboxylic acids is 1. The number of aliphatic hydroxyl groups is 1. The molecule has 1 unspecified atom stereocenters. The van der Waals surface area contributed by atoms with E-state index < -0.39 is 0 Å². The van der Waals surface area contributed by atoms with E-state index in [0.29, 0.717) is 6.61 Å². The van der Waals surface area contributed by atoms with Gasteiger partial charge in [0.05, 0.1) is 12.6 Å². The summed E-state index contributed by atoms with van der Waals surface area (Å²) in [7, 11) is 0. The second-order valence-electron chi connectivity index (χ2n) is 3.77. The fraction of sp³-hybridized carbons (Fsp3) is 0.462. The van der Waals surface area contributed by atoms with Gasteiger partial charge in [0, 0.05) is 6.61 Å². The molecule has 1 aromatic rings. The topological polar surface area (TPSA) is 58.6 Å². The second-order valence-corrected chi connectivity index (χ2v) is 3.77. The van der Waals surface area contributed by atoms with Gasteiger partial charge in [-0.15, -0.1) is 0 Å². The van der Waals surface area contributed by atoms with E-state index in [1.165, 1.54) is 0 Å². The molecule has 4 heteroatoms. The molecule has 0 fully saturated rings. The number of rotatable bonds is 7. The molecule has 1 amide bonds. The van der Waals surface area contributed by atoms with Gasteiger partial charge >= 0.3 is 0 Å². The van der Waals surface area contributed by atoms with E-state index in [1.807, 2.05) is 37.3 Å². The number of benzene rings is 1. The van der Waals surface area contributed by atoms with Gasteiger partial charge < -0.3 is 15.2 Å². The fourth-order valence-corrected chi connectivity index (χ4v) is 1.46. The van der Waals surface area contributed by atoms with Crippen LogP contribution in [0.5, 0.6) is 0 Å². The Labute approximate surface area is 102 Å². The molecule has 0 aliphatic rings. The molecule has 0 aliphatic carbocycles. The van der Waals surface area contributed by atoms with Crippen LogP contribution in [0, 0.1) is 0 Å². The number of carbonyl (C=O) groups is 1. The third-order valence-electron chi connectivity index (χ3n) is 2.30. The smallest absolute Gasteiger partial charge is 0.246 e. The zero-order chi connectivity index (χ0) is 12.5. The lowest BCUT2D eigenvalue weighted by Crippen LogP contribution is -2.33. The Hall–Kier alpha value is -1.39. The van der Waals surface area contributed by atoms with Crippen molar-refractivity contribution in [3.05, 3.63) is 35.9 Å². The monoisotopic (exact) mass is 237 g/mol. The van der Waals surface area contributed by atoms with Gasteiger partial charge in [0.2, 0.25) is 5.91 Å². The first-order valence-electron chi connectivity index (χ1n) is 5.80. The molecule has 0 bridgehead atoms. The van der Waals surface area contributed by atoms with Gasteiger partial charge in [-0.1, -0.05) is 37.3 Å². The van der Waals surface area contributed by atoms with Crippen molar-refractivity contribution in [3.8, 4) is 0 Å². The zero-order valence-corrected chi connectivity index (χ0v) is 10.1. The summed E-state index contributed by atoms with van der Waals surface area (Å²) in [5.41, 5.74) is 0.888. The van der Waals surface area contributed by atoms with Crippen LogP contribution < -0.4 is 5.32 Å². The molecular formula is C13H19NO3. The number of hydrogen-bond donors (Lipinski definition) is 2. The highest BCUT2D eigenvalue weighted by molar-refractivity contribution is 5.77. The molecule has 1 aromatic carbocycles. The van der Waals surface area contributed by atoms with Crippen LogP contribution in [0.4, 0.5) is 0 Å². The maximum Gasteiger partial charge on any atom is 0.246 e. The standard InChI is InChI=1S/C13H19NO3/c1-2-8-17-10-13(16)14-12(9-15)11-6-4-3-5-7-11/h3-7,12,15H,2,8-10H2,1H3,(H,14,16). The van der Waals surface area contributed by atoms with Crippen LogP contribution >= 0.6 is 0 Å². The van der Waals surface area contributed by atoms with Crippen molar-refractivity contribution in [1.82, 2.24) is 5.32 Å². The summed E-state index contributed by atoms with van der Waals surface area (Å²) in [5.74, 6) is -0.207. The molecule has 0 saturated heterocycles. The van der Waals surface area contributed by atoms with Gasteiger partial charge in [0.1, 0.15) is 6.61 Å². The average Bonchev–Trinajstić information content (AvgIpc) is 2.37. The molecule has 17 heavy (non-hydrogen) atoms. The van der Waals surface area contributed by atoms with Crippen molar-refractivity contribution < 1.29 is 14.6 Å². The zero-order valence-electron chi connectivity index (χ0n) is 10.1. The highest BCUT2D eigenvalue weighted by Gasteiger charge is 2.12. The average molecular weight is 237 g/mol. The minimum absolute atomic E-state index is 0.0389. The Bertz CT molecular complexity index is 327. The van der Waals surface area contributed by atoms with Crippen molar-refractivity contribution in [2.24, 2.45) is 0 Å². The van der Waals surface area contributed by atoms with Crippen LogP contribution in [0.1, 0.15) is 24.9 Å². The lowest BCUT2D eigenvalue weighted by molar-refractivity contribution is -0.126. The van der Waals surface area contributed by atoms with Crippen LogP contribution in [0.3, 0.4) is 0 Å². The van der Waals surface area contributed by atoms with E-state index in [1.54, 1.807) is 0 Å². The number of hydrogen-bond acceptors (Lipinski definition) is 3. The number of nitrogens with one attached hydrogen (secondary N) is 1. The first kappa shape index (κ1) is 13.7. The van der Waals surface area contributed by atoms with Gasteiger partial charge in [-0.3, -0.25) is 4.79 Å². The normalized spacial score (nSPS) is 12.1. The van der Waals surface area contributed by atoms with E-state index in [0.717, 1.165) is 12.0 Å². The van der Waals surface area contributed by atoms with Gasteiger partial charge in [0.15, 0.2) is 0 Å². The van der Waals surface area contributed by atoms with E-state index in [4.69, 9.17) is 4.74 Å². The van der Waals surface area contributed by atoms with E-state index >= 15 is 0 Å². The third-order valence-corrected chi connectivity index (χ3v) is 2.30. The lowest BCUT2D eigenvalue weighted by Gasteiger charge is -2.16. The Balaban J connectivity index is 2.44. The Morgan fingerprint density at radius 3 is 2.71 bits per heavy atom. The molecule has 0 aliphatic heterocycles. The molecule has 0 aromatic heterocycles. The molecule has 1 atom stereocenters. The summed E-state index contributed by atoms with van der Waals surface area (Å²) in [6.45, 7) is 2.47. The van der Waals surface area contributed by atoms with Crippen molar-refractivity contribution in [1.29, 1.82) is 0 Å². The maximum atomic E-state index is 11.5. The van der Waals surface area contributed by atoms with E-state index in [2.05, 4.69) is 5.32 Å². The number of aliphatic hydroxyl groups excluding tert-OH is 1. The van der Waals surface area contributed by atoms with Crippen molar-refractivity contribution in [2.45, 2.75) is 19.4 Å². The van der Waals surface area contributed by atoms with Crippen molar-refractivity contribution in [2.75, 3.05) is 19.8 Å². The Morgan fingerprint density at radius 1 is 1.41 bits per heavy atom. The van der Waals surface area contributed by atoms with Gasteiger partial charge in [0.25, 0.3) is 0 Å². The molecule has 94 valence electrons. The summed E-state index contributed by atoms with van der Waals surface area (Å²) >= 11 is 0. The molecule has 1 rings (SSSR count). The molecule has 0 heterocycles. The van der Waals surface area contributed by atoms with Crippen LogP contribution in [-0.2, 0) is 9.53 Å². The van der Waals surface area contributed by atoms with Gasteiger partial charge in [-0.25, -0.2) is 0 Å². The predicted octanol–water partition coefficient (Wildman–Crippen LogP) is 1.26. The third kappa shape index (κ3) is 4.97. The maximum absolute atomic E-state index is 11.5. The molecule has 2 N–H and O–H groups in total. The summed E-state index contributed by atoms with van der Waals surface area (Å²) in [6.07, 6.45) is 0.884. The first-order valence-corrected chi connectivity index (χ1v) is 5.80. The van der Waals surface area contributed by atoms with Crippen LogP contribution in [0.15, 0.2) is 30.3 Å². The highest BCUT2D eigenvalue weighted by atomic mass is 16.5. The Kier molecular flexibility index (Phi) is 6.29. The molecule has 0 saturated carbocycles. The second kappa shape index (κ2) is 7.81. The predicted molar refractivity (Wildman–Crippen MR) is 65.5 cm³/mol. The SMILES string of the molecule is CCCOCC(=O)NC(CO)c1ccccc1. The van der Waals surface area contributed by atoms with Crippen molar-refractivity contribution in [3.63, 3.8) is 0 Å². The summed E-state index contributed by atoms with van der Waals surface area (Å²) in [5, 5.41) is 12.0. The number of ether oxygens (including phenoxy) is 1. The van der Waals surface area contributed by atoms with Crippen molar-refractivity contribution >= 4 is 5.91 Å². The minimum Gasteiger partial charge on any atom is -0.394 e. The summed E-state index contributed by atoms with van der Waals surface area (Å²) < 4.78 is 5.13. The van der Waals surface area contributed by atoms with Crippen LogP contribution in [-0.4, -0.2) is 30.8 Å². The number of amides is 1. The fourth-order valence-electron chi connectivity index (χ4n) is 1.46. The highest BCUT2D eigenvalue weighted by Crippen LogP contribution is 2.11. The van der Waals surface area contributed by atoms with Gasteiger partial charge in [-0.05, 0) is 12.0 Å². The first-order chi connectivity index (χ1) is 8.27. The summed E-state index contributed by atoms with van der Waals surface area (Å²) in [4.78, 5) is 11.5. The molecule has 0 spiro atoms. The largest absolute Gasteiger partial charge is 0.394 e. The summed E-state index contributed by atoms with van der Waals surface area (Å²) in [6, 6.07) is 9.01. The molecule has 4 nitrogen and oxygen atoms in total. The Morgan fingerprint density at radius 2 is 2.12 bits per heavy atom. The quantitative estimate of drug-likeness (QED) is 0.702. The molecular weight excluding hydrogens is 218 g/mol. The van der Waals surface area contributed by atoms with Crippen LogP contribution in [0.25, 0.3) is 0 Å².